The number of thiophene rings is 1. The van der Waals surface area contributed by atoms with E-state index in [9.17, 15) is 18.7 Å². The van der Waals surface area contributed by atoms with Gasteiger partial charge in [-0.15, -0.1) is 11.3 Å². The maximum atomic E-state index is 13.8. The second kappa shape index (κ2) is 7.95. The van der Waals surface area contributed by atoms with Crippen LogP contribution >= 0.6 is 11.3 Å². The van der Waals surface area contributed by atoms with E-state index < -0.39 is 23.6 Å². The van der Waals surface area contributed by atoms with Crippen molar-refractivity contribution in [3.63, 3.8) is 0 Å². The highest BCUT2D eigenvalue weighted by Crippen LogP contribution is 2.48. The van der Waals surface area contributed by atoms with Crippen molar-refractivity contribution in [3.05, 3.63) is 46.6 Å². The van der Waals surface area contributed by atoms with Crippen LogP contribution in [0.3, 0.4) is 0 Å². The SMILES string of the molecule is Cc1sc(-c2ccncc2)c(C2=CCC(F)(F)CC2)c1C(OC(C)(C)C)C(=O)O. The summed E-state index contributed by atoms with van der Waals surface area (Å²) < 4.78 is 33.4. The number of aromatic nitrogens is 1. The van der Waals surface area contributed by atoms with Gasteiger partial charge in [-0.2, -0.15) is 0 Å². The van der Waals surface area contributed by atoms with Gasteiger partial charge in [-0.25, -0.2) is 13.6 Å². The van der Waals surface area contributed by atoms with E-state index in [0.29, 0.717) is 11.1 Å². The molecule has 0 radical (unpaired) electrons. The zero-order valence-corrected chi connectivity index (χ0v) is 17.8. The lowest BCUT2D eigenvalue weighted by atomic mass is 9.86. The molecule has 2 aromatic rings. The Balaban J connectivity index is 2.22. The third kappa shape index (κ3) is 4.90. The predicted molar refractivity (Wildman–Crippen MR) is 110 cm³/mol. The zero-order chi connectivity index (χ0) is 21.4. The fraction of sp³-hybridized carbons (Fsp3) is 0.455. The Morgan fingerprint density at radius 3 is 2.48 bits per heavy atom. The van der Waals surface area contributed by atoms with E-state index in [1.807, 2.05) is 19.1 Å². The van der Waals surface area contributed by atoms with E-state index in [-0.39, 0.29) is 19.3 Å². The maximum absolute atomic E-state index is 13.8. The number of allylic oxidation sites excluding steroid dienone is 2. The molecule has 0 aromatic carbocycles. The molecule has 0 bridgehead atoms. The number of nitrogens with zero attached hydrogens (tertiary/aromatic N) is 1. The number of aryl methyl sites for hydroxylation is 1. The Kier molecular flexibility index (Phi) is 5.92. The molecule has 7 heteroatoms. The van der Waals surface area contributed by atoms with Gasteiger partial charge < -0.3 is 9.84 Å². The summed E-state index contributed by atoms with van der Waals surface area (Å²) in [7, 11) is 0. The molecule has 29 heavy (non-hydrogen) atoms. The standard InChI is InChI=1S/C22H25F2NO3S/c1-13-16(18(20(26)27)28-21(2,3)4)17(14-5-9-22(23,24)10-6-14)19(29-13)15-7-11-25-12-8-15/h5,7-8,11-12,18H,6,9-10H2,1-4H3,(H,26,27). The van der Waals surface area contributed by atoms with Crippen molar-refractivity contribution in [1.29, 1.82) is 0 Å². The number of ether oxygens (including phenoxy) is 1. The van der Waals surface area contributed by atoms with Crippen LogP contribution in [-0.4, -0.2) is 27.6 Å². The van der Waals surface area contributed by atoms with Crippen LogP contribution in [-0.2, 0) is 9.53 Å². The monoisotopic (exact) mass is 421 g/mol. The van der Waals surface area contributed by atoms with E-state index in [1.165, 1.54) is 11.3 Å². The average molecular weight is 422 g/mol. The van der Waals surface area contributed by atoms with Crippen molar-refractivity contribution >= 4 is 22.9 Å². The number of carbonyl (C=O) groups is 1. The summed E-state index contributed by atoms with van der Waals surface area (Å²) in [6.45, 7) is 7.26. The lowest BCUT2D eigenvalue weighted by molar-refractivity contribution is -0.160. The summed E-state index contributed by atoms with van der Waals surface area (Å²) in [5.74, 6) is -3.82. The summed E-state index contributed by atoms with van der Waals surface area (Å²) in [5.41, 5.74) is 2.23. The van der Waals surface area contributed by atoms with Crippen LogP contribution in [0.2, 0.25) is 0 Å². The summed E-state index contributed by atoms with van der Waals surface area (Å²) in [5, 5.41) is 9.93. The largest absolute Gasteiger partial charge is 0.479 e. The zero-order valence-electron chi connectivity index (χ0n) is 17.0. The molecular formula is C22H25F2NO3S. The van der Waals surface area contributed by atoms with E-state index in [1.54, 1.807) is 39.2 Å². The second-order valence-corrected chi connectivity index (χ2v) is 9.47. The highest BCUT2D eigenvalue weighted by atomic mass is 32.1. The van der Waals surface area contributed by atoms with Crippen LogP contribution in [0.5, 0.6) is 0 Å². The van der Waals surface area contributed by atoms with E-state index in [0.717, 1.165) is 20.9 Å². The van der Waals surface area contributed by atoms with Gasteiger partial charge in [0.25, 0.3) is 5.92 Å². The first-order chi connectivity index (χ1) is 13.5. The molecule has 1 unspecified atom stereocenters. The number of hydrogen-bond donors (Lipinski definition) is 1. The third-order valence-corrected chi connectivity index (χ3v) is 5.93. The molecule has 1 N–H and O–H groups in total. The molecule has 156 valence electrons. The Morgan fingerprint density at radius 1 is 1.31 bits per heavy atom. The van der Waals surface area contributed by atoms with E-state index >= 15 is 0 Å². The molecular weight excluding hydrogens is 396 g/mol. The smallest absolute Gasteiger partial charge is 0.337 e. The maximum Gasteiger partial charge on any atom is 0.337 e. The number of hydrogen-bond acceptors (Lipinski definition) is 4. The van der Waals surface area contributed by atoms with E-state index in [4.69, 9.17) is 4.74 Å². The summed E-state index contributed by atoms with van der Waals surface area (Å²) >= 11 is 1.46. The first kappa shape index (κ1) is 21.6. The fourth-order valence-corrected chi connectivity index (χ4v) is 4.73. The number of aliphatic carboxylic acids is 1. The van der Waals surface area contributed by atoms with Crippen molar-refractivity contribution in [2.45, 2.75) is 64.6 Å². The summed E-state index contributed by atoms with van der Waals surface area (Å²) in [6, 6.07) is 3.69. The topological polar surface area (TPSA) is 59.4 Å². The Morgan fingerprint density at radius 2 is 1.97 bits per heavy atom. The van der Waals surface area contributed by atoms with Gasteiger partial charge in [-0.05, 0) is 57.4 Å². The lowest BCUT2D eigenvalue weighted by Gasteiger charge is -2.28. The molecule has 1 aliphatic rings. The molecule has 1 aliphatic carbocycles. The Labute approximate surface area is 173 Å². The van der Waals surface area contributed by atoms with Crippen LogP contribution in [0, 0.1) is 6.92 Å². The average Bonchev–Trinajstić information content (AvgIpc) is 2.96. The molecule has 2 heterocycles. The Bertz CT molecular complexity index is 930. The highest BCUT2D eigenvalue weighted by molar-refractivity contribution is 7.16. The molecule has 2 aromatic heterocycles. The van der Waals surface area contributed by atoms with Crippen LogP contribution in [0.4, 0.5) is 8.78 Å². The minimum atomic E-state index is -2.72. The molecule has 4 nitrogen and oxygen atoms in total. The molecule has 0 amide bonds. The van der Waals surface area contributed by atoms with Gasteiger partial charge in [-0.1, -0.05) is 6.08 Å². The van der Waals surface area contributed by atoms with E-state index in [2.05, 4.69) is 4.98 Å². The normalized spacial score (nSPS) is 17.7. The predicted octanol–water partition coefficient (Wildman–Crippen LogP) is 6.26. The van der Waals surface area contributed by atoms with Crippen molar-refractivity contribution in [2.24, 2.45) is 0 Å². The van der Waals surface area contributed by atoms with Gasteiger partial charge in [0, 0.05) is 46.1 Å². The molecule has 0 fully saturated rings. The van der Waals surface area contributed by atoms with Crippen molar-refractivity contribution in [1.82, 2.24) is 4.98 Å². The summed E-state index contributed by atoms with van der Waals surface area (Å²) in [4.78, 5) is 17.9. The second-order valence-electron chi connectivity index (χ2n) is 8.25. The van der Waals surface area contributed by atoms with Gasteiger partial charge in [0.1, 0.15) is 0 Å². The van der Waals surface area contributed by atoms with Crippen LogP contribution < -0.4 is 0 Å². The first-order valence-electron chi connectivity index (χ1n) is 9.50. The fourth-order valence-electron chi connectivity index (χ4n) is 3.51. The molecule has 0 aliphatic heterocycles. The van der Waals surface area contributed by atoms with Crippen LogP contribution in [0.1, 0.15) is 62.1 Å². The van der Waals surface area contributed by atoms with Gasteiger partial charge in [0.2, 0.25) is 0 Å². The molecule has 0 spiro atoms. The lowest BCUT2D eigenvalue weighted by Crippen LogP contribution is -2.28. The van der Waals surface area contributed by atoms with Crippen molar-refractivity contribution in [2.75, 3.05) is 0 Å². The molecule has 3 rings (SSSR count). The number of alkyl halides is 2. The number of rotatable bonds is 5. The number of pyridine rings is 1. The van der Waals surface area contributed by atoms with Crippen LogP contribution in [0.15, 0.2) is 30.6 Å². The Hall–Kier alpha value is -2.12. The number of carboxylic acids is 1. The van der Waals surface area contributed by atoms with Gasteiger partial charge in [-0.3, -0.25) is 4.98 Å². The number of carboxylic acid groups (broad SMARTS) is 1. The van der Waals surface area contributed by atoms with Gasteiger partial charge in [0.05, 0.1) is 5.60 Å². The molecule has 1 atom stereocenters. The number of halogens is 2. The van der Waals surface area contributed by atoms with Gasteiger partial charge >= 0.3 is 5.97 Å². The van der Waals surface area contributed by atoms with Crippen molar-refractivity contribution < 1.29 is 23.4 Å². The van der Waals surface area contributed by atoms with Crippen molar-refractivity contribution in [3.8, 4) is 10.4 Å². The first-order valence-corrected chi connectivity index (χ1v) is 10.3. The minimum absolute atomic E-state index is 0.191. The summed E-state index contributed by atoms with van der Waals surface area (Å²) in [6.07, 6.45) is 3.30. The third-order valence-electron chi connectivity index (χ3n) is 4.76. The highest BCUT2D eigenvalue weighted by Gasteiger charge is 2.37. The minimum Gasteiger partial charge on any atom is -0.479 e. The quantitative estimate of drug-likeness (QED) is 0.619. The van der Waals surface area contributed by atoms with Crippen LogP contribution in [0.25, 0.3) is 16.0 Å². The van der Waals surface area contributed by atoms with Gasteiger partial charge in [0.15, 0.2) is 6.10 Å². The molecule has 0 saturated carbocycles. The molecule has 0 saturated heterocycles.